The molecule has 2 aromatic rings. The molecule has 32 heavy (non-hydrogen) atoms. The van der Waals surface area contributed by atoms with Crippen LogP contribution in [0.3, 0.4) is 0 Å². The van der Waals surface area contributed by atoms with Crippen molar-refractivity contribution in [2.75, 3.05) is 6.61 Å². The molecule has 0 saturated carbocycles. The Bertz CT molecular complexity index is 1070. The molecule has 1 unspecified atom stereocenters. The first-order valence-electron chi connectivity index (χ1n) is 9.97. The van der Waals surface area contributed by atoms with Crippen LogP contribution in [-0.2, 0) is 33.3 Å². The predicted molar refractivity (Wildman–Crippen MR) is 109 cm³/mol. The Morgan fingerprint density at radius 1 is 1.00 bits per heavy atom. The third-order valence-electron chi connectivity index (χ3n) is 4.75. The van der Waals surface area contributed by atoms with E-state index >= 15 is 0 Å². The van der Waals surface area contributed by atoms with Gasteiger partial charge in [-0.2, -0.15) is 0 Å². The maximum Gasteiger partial charge on any atom is 0.336 e. The molecule has 172 valence electrons. The summed E-state index contributed by atoms with van der Waals surface area (Å²) in [6.45, 7) is 5.30. The van der Waals surface area contributed by atoms with E-state index in [1.54, 1.807) is 19.1 Å². The summed E-state index contributed by atoms with van der Waals surface area (Å²) in [5, 5.41) is 0.737. The molecule has 1 aliphatic rings. The van der Waals surface area contributed by atoms with Crippen LogP contribution in [0.15, 0.2) is 33.5 Å². The van der Waals surface area contributed by atoms with E-state index in [9.17, 15) is 19.2 Å². The van der Waals surface area contributed by atoms with E-state index in [-0.39, 0.29) is 13.0 Å². The highest BCUT2D eigenvalue weighted by molar-refractivity contribution is 5.81. The zero-order valence-corrected chi connectivity index (χ0v) is 18.1. The van der Waals surface area contributed by atoms with E-state index in [0.717, 1.165) is 10.9 Å². The molecule has 2 heterocycles. The zero-order chi connectivity index (χ0) is 23.4. The molecule has 1 aromatic heterocycles. The molecule has 3 rings (SSSR count). The number of ether oxygens (including phenoxy) is 5. The van der Waals surface area contributed by atoms with Crippen LogP contribution in [0.25, 0.3) is 11.0 Å². The van der Waals surface area contributed by atoms with E-state index in [2.05, 4.69) is 0 Å². The minimum atomic E-state index is -1.10. The highest BCUT2D eigenvalue weighted by atomic mass is 16.7. The second-order valence-electron chi connectivity index (χ2n) is 7.40. The first kappa shape index (κ1) is 23.3. The predicted octanol–water partition coefficient (Wildman–Crippen LogP) is 2.02. The second kappa shape index (κ2) is 9.82. The Morgan fingerprint density at radius 3 is 2.34 bits per heavy atom. The number of benzene rings is 1. The van der Waals surface area contributed by atoms with E-state index in [0.29, 0.717) is 11.3 Å². The molecule has 0 radical (unpaired) electrons. The lowest BCUT2D eigenvalue weighted by Crippen LogP contribution is -2.53. The summed E-state index contributed by atoms with van der Waals surface area (Å²) in [6, 6.07) is 6.29. The summed E-state index contributed by atoms with van der Waals surface area (Å²) in [5.74, 6) is -1.38. The minimum Gasteiger partial charge on any atom is -0.463 e. The van der Waals surface area contributed by atoms with Crippen molar-refractivity contribution in [2.45, 2.75) is 58.7 Å². The van der Waals surface area contributed by atoms with Gasteiger partial charge in [0.25, 0.3) is 0 Å². The molecule has 0 spiro atoms. The number of carbonyl (C=O) groups is 3. The van der Waals surface area contributed by atoms with Gasteiger partial charge in [-0.05, 0) is 24.6 Å². The highest BCUT2D eigenvalue weighted by Gasteiger charge is 2.43. The van der Waals surface area contributed by atoms with Crippen molar-refractivity contribution >= 4 is 28.9 Å². The van der Waals surface area contributed by atoms with Crippen molar-refractivity contribution in [1.82, 2.24) is 0 Å². The van der Waals surface area contributed by atoms with Gasteiger partial charge in [0, 0.05) is 44.7 Å². The fraction of sp³-hybridized carbons (Fsp3) is 0.455. The van der Waals surface area contributed by atoms with Gasteiger partial charge >= 0.3 is 23.5 Å². The van der Waals surface area contributed by atoms with Crippen molar-refractivity contribution in [3.8, 4) is 5.75 Å². The van der Waals surface area contributed by atoms with E-state index in [4.69, 9.17) is 28.1 Å². The Balaban J connectivity index is 1.87. The van der Waals surface area contributed by atoms with Crippen molar-refractivity contribution < 1.29 is 42.5 Å². The van der Waals surface area contributed by atoms with Gasteiger partial charge in [0.1, 0.15) is 30.1 Å². The maximum atomic E-state index is 11.7. The van der Waals surface area contributed by atoms with Gasteiger partial charge in [-0.15, -0.1) is 0 Å². The van der Waals surface area contributed by atoms with Crippen LogP contribution >= 0.6 is 0 Å². The van der Waals surface area contributed by atoms with E-state index < -0.39 is 48.1 Å². The van der Waals surface area contributed by atoms with E-state index in [1.165, 1.54) is 32.9 Å². The van der Waals surface area contributed by atoms with Crippen LogP contribution in [-0.4, -0.2) is 49.1 Å². The number of fused-ring (bicyclic) bond motifs is 1. The molecule has 10 nitrogen and oxygen atoms in total. The first-order valence-corrected chi connectivity index (χ1v) is 9.97. The molecule has 4 atom stereocenters. The standard InChI is InChI=1S/C22H24O10/c1-11-7-21(26)31-17-8-15(5-6-16(11)17)30-22-19(29-14(4)25)9-18(28-13(3)24)20(32-22)10-27-12(2)23/h5-8,18-20,22H,9-10H2,1-4H3/t18-,19-,20?,22+/m1/s1. The van der Waals surface area contributed by atoms with Crippen molar-refractivity contribution in [1.29, 1.82) is 0 Å². The number of hydrogen-bond acceptors (Lipinski definition) is 10. The number of esters is 3. The molecule has 0 amide bonds. The van der Waals surface area contributed by atoms with Crippen molar-refractivity contribution in [3.63, 3.8) is 0 Å². The number of aryl methyl sites for hydroxylation is 1. The lowest BCUT2D eigenvalue weighted by Gasteiger charge is -2.39. The average Bonchev–Trinajstić information content (AvgIpc) is 2.67. The Labute approximate surface area is 183 Å². The normalized spacial score (nSPS) is 22.8. The molecule has 1 aromatic carbocycles. The zero-order valence-electron chi connectivity index (χ0n) is 18.1. The SMILES string of the molecule is CC(=O)OCC1O[C@H](Oc2ccc3c(C)cc(=O)oc3c2)[C@H](OC(C)=O)C[C@H]1OC(C)=O. The second-order valence-corrected chi connectivity index (χ2v) is 7.40. The molecule has 10 heteroatoms. The first-order chi connectivity index (χ1) is 15.1. The maximum absolute atomic E-state index is 11.7. The van der Waals surface area contributed by atoms with Gasteiger partial charge < -0.3 is 28.1 Å². The van der Waals surface area contributed by atoms with Gasteiger partial charge in [-0.1, -0.05) is 0 Å². The monoisotopic (exact) mass is 448 g/mol. The lowest BCUT2D eigenvalue weighted by atomic mass is 10.0. The van der Waals surface area contributed by atoms with Crippen LogP contribution in [0.5, 0.6) is 5.75 Å². The molecular formula is C22H24O10. The number of hydrogen-bond donors (Lipinski definition) is 0. The van der Waals surface area contributed by atoms with Gasteiger partial charge in [0.05, 0.1) is 0 Å². The smallest absolute Gasteiger partial charge is 0.336 e. The van der Waals surface area contributed by atoms with Gasteiger partial charge in [0.15, 0.2) is 6.10 Å². The highest BCUT2D eigenvalue weighted by Crippen LogP contribution is 2.30. The quantitative estimate of drug-likeness (QED) is 0.368. The summed E-state index contributed by atoms with van der Waals surface area (Å²) in [5.41, 5.74) is 0.575. The fourth-order valence-electron chi connectivity index (χ4n) is 3.46. The molecule has 1 saturated heterocycles. The third kappa shape index (κ3) is 5.85. The van der Waals surface area contributed by atoms with Crippen LogP contribution in [0, 0.1) is 6.92 Å². The fourth-order valence-corrected chi connectivity index (χ4v) is 3.46. The van der Waals surface area contributed by atoms with Gasteiger partial charge in [-0.25, -0.2) is 4.79 Å². The lowest BCUT2D eigenvalue weighted by molar-refractivity contribution is -0.253. The van der Waals surface area contributed by atoms with Crippen LogP contribution < -0.4 is 10.4 Å². The number of carbonyl (C=O) groups excluding carboxylic acids is 3. The molecule has 0 aliphatic carbocycles. The van der Waals surface area contributed by atoms with Crippen LogP contribution in [0.2, 0.25) is 0 Å². The third-order valence-corrected chi connectivity index (χ3v) is 4.75. The summed E-state index contributed by atoms with van der Waals surface area (Å²) in [4.78, 5) is 46.1. The summed E-state index contributed by atoms with van der Waals surface area (Å²) >= 11 is 0. The summed E-state index contributed by atoms with van der Waals surface area (Å²) in [7, 11) is 0. The van der Waals surface area contributed by atoms with Gasteiger partial charge in [0.2, 0.25) is 6.29 Å². The Kier molecular flexibility index (Phi) is 7.14. The van der Waals surface area contributed by atoms with Crippen LogP contribution in [0.1, 0.15) is 32.8 Å². The molecule has 1 aliphatic heterocycles. The Morgan fingerprint density at radius 2 is 1.69 bits per heavy atom. The average molecular weight is 448 g/mol. The van der Waals surface area contributed by atoms with Crippen molar-refractivity contribution in [2.24, 2.45) is 0 Å². The minimum absolute atomic E-state index is 0.0670. The largest absolute Gasteiger partial charge is 0.463 e. The molecule has 0 N–H and O–H groups in total. The summed E-state index contributed by atoms with van der Waals surface area (Å²) < 4.78 is 32.6. The summed E-state index contributed by atoms with van der Waals surface area (Å²) in [6.07, 6.45) is -3.61. The van der Waals surface area contributed by atoms with Crippen molar-refractivity contribution in [3.05, 3.63) is 40.2 Å². The topological polar surface area (TPSA) is 128 Å². The van der Waals surface area contributed by atoms with E-state index in [1.807, 2.05) is 0 Å². The Hall–Kier alpha value is -3.40. The molecular weight excluding hydrogens is 424 g/mol. The number of rotatable bonds is 6. The van der Waals surface area contributed by atoms with Crippen LogP contribution in [0.4, 0.5) is 0 Å². The molecule has 0 bridgehead atoms. The van der Waals surface area contributed by atoms with Gasteiger partial charge in [-0.3, -0.25) is 14.4 Å². The molecule has 1 fully saturated rings.